The summed E-state index contributed by atoms with van der Waals surface area (Å²) in [6, 6.07) is -1.53. The van der Waals surface area contributed by atoms with Gasteiger partial charge in [0.15, 0.2) is 6.04 Å². The fraction of sp³-hybridized carbons (Fsp3) is 0.897. The third-order valence-corrected chi connectivity index (χ3v) is 7.65. The summed E-state index contributed by atoms with van der Waals surface area (Å²) in [5.74, 6) is -2.55. The molecule has 0 aliphatic carbocycles. The summed E-state index contributed by atoms with van der Waals surface area (Å²) in [4.78, 5) is 43.9. The normalized spacial score (nSPS) is 14.2. The molecule has 11 nitrogen and oxygen atoms in total. The summed E-state index contributed by atoms with van der Waals surface area (Å²) in [7, 11) is -4.70. The maximum absolute atomic E-state index is 12.1. The molecule has 0 aromatic heterocycles. The van der Waals surface area contributed by atoms with E-state index in [1.165, 1.54) is 89.9 Å². The van der Waals surface area contributed by atoms with Crippen molar-refractivity contribution in [3.63, 3.8) is 0 Å². The molecule has 41 heavy (non-hydrogen) atoms. The molecule has 0 aliphatic heterocycles. The van der Waals surface area contributed by atoms with E-state index in [-0.39, 0.29) is 6.42 Å². The second-order valence-corrected chi connectivity index (χ2v) is 12.2. The van der Waals surface area contributed by atoms with Crippen LogP contribution >= 0.6 is 7.82 Å². The Hall–Kier alpha value is -1.52. The van der Waals surface area contributed by atoms with Crippen molar-refractivity contribution >= 4 is 25.7 Å². The topological polar surface area (TPSA) is 169 Å². The fourth-order valence-corrected chi connectivity index (χ4v) is 5.05. The number of hydrogen-bond acceptors (Lipinski definition) is 8. The van der Waals surface area contributed by atoms with Crippen LogP contribution in [0, 0.1) is 0 Å². The number of hydrogen-bond donors (Lipinski definition) is 4. The van der Waals surface area contributed by atoms with E-state index in [4.69, 9.17) is 0 Å². The summed E-state index contributed by atoms with van der Waals surface area (Å²) in [5.41, 5.74) is 0. The van der Waals surface area contributed by atoms with Gasteiger partial charge in [0, 0.05) is 13.3 Å². The van der Waals surface area contributed by atoms with Crippen LogP contribution in [0.5, 0.6) is 0 Å². The first-order chi connectivity index (χ1) is 19.6. The molecule has 0 saturated heterocycles. The Bertz CT molecular complexity index is 736. The smallest absolute Gasteiger partial charge is 0.472 e. The number of rotatable bonds is 29. The van der Waals surface area contributed by atoms with Crippen molar-refractivity contribution in [2.24, 2.45) is 0 Å². The number of carboxylic acids is 1. The van der Waals surface area contributed by atoms with Gasteiger partial charge in [-0.05, 0) is 6.42 Å². The van der Waals surface area contributed by atoms with E-state index in [2.05, 4.69) is 26.0 Å². The molecule has 0 aromatic rings. The molecule has 0 aromatic carbocycles. The third kappa shape index (κ3) is 27.1. The molecule has 0 saturated carbocycles. The standard InChI is InChI=1S/C29H56NO10P/c1-3-4-5-6-7-8-9-10-11-12-13-14-15-16-17-18-19-20-21-28(33)30-27(29(34)35)24-40-41(36,37)39-23-26(32)22-38-25(2)31/h26-27,32H,3-24H2,1-2H3,(H,30,33)(H,34,35)(H,36,37). The largest absolute Gasteiger partial charge is 0.480 e. The summed E-state index contributed by atoms with van der Waals surface area (Å²) in [6.07, 6.45) is 21.1. The van der Waals surface area contributed by atoms with Crippen LogP contribution in [0.3, 0.4) is 0 Å². The van der Waals surface area contributed by atoms with Crippen LogP contribution in [0.2, 0.25) is 0 Å². The second-order valence-electron chi connectivity index (χ2n) is 10.7. The lowest BCUT2D eigenvalue weighted by Crippen LogP contribution is -2.43. The predicted molar refractivity (Wildman–Crippen MR) is 157 cm³/mol. The third-order valence-electron chi connectivity index (χ3n) is 6.70. The molecule has 3 atom stereocenters. The van der Waals surface area contributed by atoms with Gasteiger partial charge in [-0.1, -0.05) is 116 Å². The van der Waals surface area contributed by atoms with Crippen molar-refractivity contribution in [1.82, 2.24) is 5.32 Å². The molecule has 3 unspecified atom stereocenters. The molecule has 0 spiro atoms. The number of unbranched alkanes of at least 4 members (excludes halogenated alkanes) is 17. The average Bonchev–Trinajstić information content (AvgIpc) is 2.92. The van der Waals surface area contributed by atoms with E-state index in [0.29, 0.717) is 6.42 Å². The number of phosphoric acid groups is 1. The lowest BCUT2D eigenvalue weighted by molar-refractivity contribution is -0.144. The van der Waals surface area contributed by atoms with Crippen molar-refractivity contribution in [3.8, 4) is 0 Å². The Morgan fingerprint density at radius 2 is 1.12 bits per heavy atom. The number of nitrogens with one attached hydrogen (secondary N) is 1. The number of phosphoric ester groups is 1. The number of ether oxygens (including phenoxy) is 1. The maximum Gasteiger partial charge on any atom is 0.472 e. The molecular formula is C29H56NO10P. The molecule has 0 aliphatic rings. The lowest BCUT2D eigenvalue weighted by Gasteiger charge is -2.18. The van der Waals surface area contributed by atoms with Gasteiger partial charge in [0.2, 0.25) is 5.91 Å². The molecule has 0 rings (SSSR count). The number of aliphatic carboxylic acids is 1. The molecule has 0 fully saturated rings. The van der Waals surface area contributed by atoms with Gasteiger partial charge in [-0.2, -0.15) is 0 Å². The van der Waals surface area contributed by atoms with Crippen molar-refractivity contribution in [3.05, 3.63) is 0 Å². The van der Waals surface area contributed by atoms with Gasteiger partial charge in [0.25, 0.3) is 0 Å². The van der Waals surface area contributed by atoms with Gasteiger partial charge in [-0.15, -0.1) is 0 Å². The van der Waals surface area contributed by atoms with E-state index in [1.807, 2.05) is 0 Å². The first-order valence-corrected chi connectivity index (χ1v) is 17.0. The number of carbonyl (C=O) groups is 3. The second kappa shape index (κ2) is 26.1. The van der Waals surface area contributed by atoms with Gasteiger partial charge in [0.1, 0.15) is 12.7 Å². The summed E-state index contributed by atoms with van der Waals surface area (Å²) >= 11 is 0. The highest BCUT2D eigenvalue weighted by Crippen LogP contribution is 2.43. The minimum Gasteiger partial charge on any atom is -0.480 e. The van der Waals surface area contributed by atoms with E-state index >= 15 is 0 Å². The monoisotopic (exact) mass is 609 g/mol. The Labute approximate surface area is 246 Å². The van der Waals surface area contributed by atoms with Crippen LogP contribution in [-0.4, -0.2) is 64.9 Å². The SMILES string of the molecule is CCCCCCCCCCCCCCCCCCCCC(=O)NC(COP(=O)(O)OCC(O)COC(C)=O)C(=O)O. The first kappa shape index (κ1) is 39.5. The highest BCUT2D eigenvalue weighted by atomic mass is 31.2. The highest BCUT2D eigenvalue weighted by molar-refractivity contribution is 7.47. The van der Waals surface area contributed by atoms with Crippen LogP contribution in [0.15, 0.2) is 0 Å². The van der Waals surface area contributed by atoms with E-state index in [1.54, 1.807) is 0 Å². The zero-order chi connectivity index (χ0) is 30.8. The maximum atomic E-state index is 12.1. The highest BCUT2D eigenvalue weighted by Gasteiger charge is 2.28. The van der Waals surface area contributed by atoms with Crippen molar-refractivity contribution < 1.29 is 47.8 Å². The van der Waals surface area contributed by atoms with Crippen LogP contribution in [0.4, 0.5) is 0 Å². The Kier molecular flexibility index (Phi) is 25.2. The van der Waals surface area contributed by atoms with Gasteiger partial charge in [0.05, 0.1) is 13.2 Å². The molecule has 12 heteroatoms. The Balaban J connectivity index is 3.79. The average molecular weight is 610 g/mol. The van der Waals surface area contributed by atoms with Crippen LogP contribution in [-0.2, 0) is 32.7 Å². The lowest BCUT2D eigenvalue weighted by atomic mass is 10.0. The number of carbonyl (C=O) groups excluding carboxylic acids is 2. The zero-order valence-electron chi connectivity index (χ0n) is 25.4. The minimum absolute atomic E-state index is 0.151. The number of aliphatic hydroxyl groups excluding tert-OH is 1. The summed E-state index contributed by atoms with van der Waals surface area (Å²) in [6.45, 7) is 1.47. The quantitative estimate of drug-likeness (QED) is 0.0445. The van der Waals surface area contributed by atoms with Crippen LogP contribution in [0.1, 0.15) is 136 Å². The molecule has 0 heterocycles. The molecule has 242 valence electrons. The Morgan fingerprint density at radius 1 is 0.707 bits per heavy atom. The Morgan fingerprint density at radius 3 is 1.54 bits per heavy atom. The fourth-order valence-electron chi connectivity index (χ4n) is 4.28. The van der Waals surface area contributed by atoms with Gasteiger partial charge >= 0.3 is 19.8 Å². The van der Waals surface area contributed by atoms with Crippen LogP contribution < -0.4 is 5.32 Å². The van der Waals surface area contributed by atoms with Gasteiger partial charge < -0.3 is 25.2 Å². The van der Waals surface area contributed by atoms with Crippen LogP contribution in [0.25, 0.3) is 0 Å². The molecule has 1 amide bonds. The first-order valence-electron chi connectivity index (χ1n) is 15.5. The number of aliphatic hydroxyl groups is 1. The summed E-state index contributed by atoms with van der Waals surface area (Å²) < 4.78 is 25.7. The summed E-state index contributed by atoms with van der Waals surface area (Å²) in [5, 5.41) is 21.1. The number of amides is 1. The number of esters is 1. The molecule has 4 N–H and O–H groups in total. The zero-order valence-corrected chi connectivity index (χ0v) is 26.3. The van der Waals surface area contributed by atoms with Crippen molar-refractivity contribution in [2.75, 3.05) is 19.8 Å². The number of carboxylic acid groups (broad SMARTS) is 1. The van der Waals surface area contributed by atoms with Gasteiger partial charge in [-0.25, -0.2) is 9.36 Å². The van der Waals surface area contributed by atoms with Gasteiger partial charge in [-0.3, -0.25) is 18.6 Å². The predicted octanol–water partition coefficient (Wildman–Crippen LogP) is 6.05. The molecule has 0 bridgehead atoms. The minimum atomic E-state index is -4.70. The van der Waals surface area contributed by atoms with Crippen molar-refractivity contribution in [2.45, 2.75) is 148 Å². The molecule has 0 radical (unpaired) electrons. The van der Waals surface area contributed by atoms with E-state index in [0.717, 1.165) is 26.2 Å². The van der Waals surface area contributed by atoms with Crippen molar-refractivity contribution in [1.29, 1.82) is 0 Å². The van der Waals surface area contributed by atoms with E-state index < -0.39 is 57.6 Å². The van der Waals surface area contributed by atoms with E-state index in [9.17, 15) is 34.1 Å². The molecular weight excluding hydrogens is 553 g/mol.